The van der Waals surface area contributed by atoms with Crippen LogP contribution in [0.5, 0.6) is 0 Å². The smallest absolute Gasteiger partial charge is 0.255 e. The summed E-state index contributed by atoms with van der Waals surface area (Å²) >= 11 is 0. The van der Waals surface area contributed by atoms with Crippen molar-refractivity contribution in [2.45, 2.75) is 58.0 Å². The van der Waals surface area contributed by atoms with Crippen LogP contribution in [0.2, 0.25) is 0 Å². The molecular formula is C22H36N4O2. The number of methoxy groups -OCH3 is 1. The van der Waals surface area contributed by atoms with E-state index in [4.69, 9.17) is 4.74 Å². The molecule has 1 N–H and O–H groups in total. The molecule has 28 heavy (non-hydrogen) atoms. The van der Waals surface area contributed by atoms with Crippen LogP contribution in [-0.2, 0) is 4.74 Å². The number of piperidine rings is 2. The van der Waals surface area contributed by atoms with Crippen molar-refractivity contribution < 1.29 is 9.53 Å². The third-order valence-corrected chi connectivity index (χ3v) is 6.18. The molecule has 1 aromatic rings. The maximum atomic E-state index is 12.9. The summed E-state index contributed by atoms with van der Waals surface area (Å²) in [4.78, 5) is 21.9. The molecule has 1 aromatic heterocycles. The predicted octanol–water partition coefficient (Wildman–Crippen LogP) is 3.26. The Labute approximate surface area is 169 Å². The molecule has 0 spiro atoms. The Morgan fingerprint density at radius 3 is 2.68 bits per heavy atom. The number of ether oxygens (including phenoxy) is 1. The first-order valence-corrected chi connectivity index (χ1v) is 10.9. The number of nitrogens with one attached hydrogen (secondary N) is 1. The average molecular weight is 389 g/mol. The number of hydrogen-bond acceptors (Lipinski definition) is 5. The Hall–Kier alpha value is -1.66. The minimum Gasteiger partial charge on any atom is -0.383 e. The molecule has 1 amide bonds. The van der Waals surface area contributed by atoms with Crippen LogP contribution < -0.4 is 5.32 Å². The van der Waals surface area contributed by atoms with E-state index in [1.54, 1.807) is 13.3 Å². The first-order chi connectivity index (χ1) is 13.6. The average Bonchev–Trinajstić information content (AvgIpc) is 2.73. The molecule has 3 heterocycles. The zero-order valence-corrected chi connectivity index (χ0v) is 17.7. The van der Waals surface area contributed by atoms with Gasteiger partial charge in [-0.15, -0.1) is 0 Å². The second kappa shape index (κ2) is 10.2. The highest BCUT2D eigenvalue weighted by Crippen LogP contribution is 2.24. The summed E-state index contributed by atoms with van der Waals surface area (Å²) in [7, 11) is 1.70. The number of amides is 1. The molecule has 0 aromatic carbocycles. The zero-order chi connectivity index (χ0) is 19.9. The first-order valence-electron chi connectivity index (χ1n) is 10.9. The van der Waals surface area contributed by atoms with Gasteiger partial charge in [-0.3, -0.25) is 9.69 Å². The van der Waals surface area contributed by atoms with E-state index < -0.39 is 0 Å². The first kappa shape index (κ1) is 21.1. The Balaban J connectivity index is 1.50. The van der Waals surface area contributed by atoms with Gasteiger partial charge in [0.05, 0.1) is 18.2 Å². The van der Waals surface area contributed by atoms with Crippen molar-refractivity contribution in [2.24, 2.45) is 5.92 Å². The molecule has 6 heteroatoms. The number of rotatable bonds is 7. The van der Waals surface area contributed by atoms with E-state index in [9.17, 15) is 4.79 Å². The summed E-state index contributed by atoms with van der Waals surface area (Å²) in [6, 6.07) is 4.65. The highest BCUT2D eigenvalue weighted by Gasteiger charge is 2.29. The van der Waals surface area contributed by atoms with Crippen LogP contribution >= 0.6 is 0 Å². The van der Waals surface area contributed by atoms with Gasteiger partial charge in [-0.1, -0.05) is 13.8 Å². The molecule has 3 rings (SSSR count). The molecule has 0 radical (unpaired) electrons. The molecule has 6 nitrogen and oxygen atoms in total. The second-order valence-electron chi connectivity index (χ2n) is 8.40. The van der Waals surface area contributed by atoms with Gasteiger partial charge >= 0.3 is 0 Å². The molecule has 2 atom stereocenters. The van der Waals surface area contributed by atoms with Gasteiger partial charge < -0.3 is 15.0 Å². The summed E-state index contributed by atoms with van der Waals surface area (Å²) < 4.78 is 5.21. The van der Waals surface area contributed by atoms with Gasteiger partial charge in [-0.05, 0) is 56.7 Å². The topological polar surface area (TPSA) is 57.7 Å². The maximum absolute atomic E-state index is 12.9. The zero-order valence-electron chi connectivity index (χ0n) is 17.7. The monoisotopic (exact) mass is 388 g/mol. The van der Waals surface area contributed by atoms with E-state index in [1.165, 1.54) is 25.9 Å². The largest absolute Gasteiger partial charge is 0.383 e. The molecule has 2 aliphatic rings. The number of anilines is 1. The van der Waals surface area contributed by atoms with Crippen molar-refractivity contribution >= 4 is 11.7 Å². The summed E-state index contributed by atoms with van der Waals surface area (Å²) in [5.41, 5.74) is 0.676. The molecule has 2 fully saturated rings. The number of nitrogens with zero attached hydrogens (tertiary/aromatic N) is 3. The standard InChI is InChI=1S/C22H36N4O2/c1-4-19(16-28-3)24-21-8-7-18(14-23-21)22(27)25-12-9-20(10-13-25)26-11-5-6-17(2)15-26/h7-8,14,17,19-20H,4-6,9-13,15-16H2,1-3H3,(H,23,24). The molecular weight excluding hydrogens is 352 g/mol. The van der Waals surface area contributed by atoms with Crippen molar-refractivity contribution in [3.05, 3.63) is 23.9 Å². The van der Waals surface area contributed by atoms with Crippen LogP contribution in [0, 0.1) is 5.92 Å². The van der Waals surface area contributed by atoms with Crippen LogP contribution in [0.1, 0.15) is 56.3 Å². The summed E-state index contributed by atoms with van der Waals surface area (Å²) in [5, 5.41) is 3.35. The molecule has 0 saturated carbocycles. The quantitative estimate of drug-likeness (QED) is 0.777. The minimum absolute atomic E-state index is 0.105. The van der Waals surface area contributed by atoms with Crippen molar-refractivity contribution in [3.63, 3.8) is 0 Å². The van der Waals surface area contributed by atoms with Crippen molar-refractivity contribution in [1.82, 2.24) is 14.8 Å². The van der Waals surface area contributed by atoms with Gasteiger partial charge in [0.1, 0.15) is 5.82 Å². The lowest BCUT2D eigenvalue weighted by molar-refractivity contribution is 0.0541. The van der Waals surface area contributed by atoms with Gasteiger partial charge in [0.25, 0.3) is 5.91 Å². The van der Waals surface area contributed by atoms with E-state index in [1.807, 2.05) is 17.0 Å². The Morgan fingerprint density at radius 1 is 1.29 bits per heavy atom. The predicted molar refractivity (Wildman–Crippen MR) is 113 cm³/mol. The highest BCUT2D eigenvalue weighted by atomic mass is 16.5. The number of carbonyl (C=O) groups is 1. The number of pyridine rings is 1. The Bertz CT molecular complexity index is 613. The summed E-state index contributed by atoms with van der Waals surface area (Å²) in [6.07, 6.45) is 7.50. The normalized spacial score (nSPS) is 22.8. The second-order valence-corrected chi connectivity index (χ2v) is 8.40. The van der Waals surface area contributed by atoms with Gasteiger partial charge in [0.15, 0.2) is 0 Å². The molecule has 2 aliphatic heterocycles. The number of aromatic nitrogens is 1. The summed E-state index contributed by atoms with van der Waals surface area (Å²) in [5.74, 6) is 1.70. The molecule has 0 aliphatic carbocycles. The summed E-state index contributed by atoms with van der Waals surface area (Å²) in [6.45, 7) is 9.25. The van der Waals surface area contributed by atoms with Crippen molar-refractivity contribution in [3.8, 4) is 0 Å². The van der Waals surface area contributed by atoms with E-state index >= 15 is 0 Å². The third-order valence-electron chi connectivity index (χ3n) is 6.18. The Kier molecular flexibility index (Phi) is 7.68. The van der Waals surface area contributed by atoms with Gasteiger partial charge in [0, 0.05) is 39.0 Å². The van der Waals surface area contributed by atoms with E-state index in [0.717, 1.165) is 44.1 Å². The van der Waals surface area contributed by atoms with Crippen LogP contribution in [-0.4, -0.2) is 72.7 Å². The van der Waals surface area contributed by atoms with Gasteiger partial charge in [-0.25, -0.2) is 4.98 Å². The fourth-order valence-corrected chi connectivity index (χ4v) is 4.45. The number of carbonyl (C=O) groups excluding carboxylic acids is 1. The number of likely N-dealkylation sites (tertiary alicyclic amines) is 2. The lowest BCUT2D eigenvalue weighted by Gasteiger charge is -2.41. The molecule has 156 valence electrons. The lowest BCUT2D eigenvalue weighted by atomic mass is 9.95. The SMILES string of the molecule is CCC(COC)Nc1ccc(C(=O)N2CCC(N3CCCC(C)C3)CC2)cn1. The molecule has 0 bridgehead atoms. The highest BCUT2D eigenvalue weighted by molar-refractivity contribution is 5.94. The molecule has 2 saturated heterocycles. The van der Waals surface area contributed by atoms with E-state index in [0.29, 0.717) is 18.2 Å². The fraction of sp³-hybridized carbons (Fsp3) is 0.727. The van der Waals surface area contributed by atoms with E-state index in [2.05, 4.69) is 29.0 Å². The number of hydrogen-bond donors (Lipinski definition) is 1. The minimum atomic E-state index is 0.105. The maximum Gasteiger partial charge on any atom is 0.255 e. The van der Waals surface area contributed by atoms with Crippen LogP contribution in [0.3, 0.4) is 0 Å². The van der Waals surface area contributed by atoms with Gasteiger partial charge in [-0.2, -0.15) is 0 Å². The Morgan fingerprint density at radius 2 is 2.07 bits per heavy atom. The van der Waals surface area contributed by atoms with Crippen molar-refractivity contribution in [2.75, 3.05) is 45.2 Å². The van der Waals surface area contributed by atoms with Crippen molar-refractivity contribution in [1.29, 1.82) is 0 Å². The van der Waals surface area contributed by atoms with Crippen LogP contribution in [0.25, 0.3) is 0 Å². The van der Waals surface area contributed by atoms with Crippen LogP contribution in [0.4, 0.5) is 5.82 Å². The van der Waals surface area contributed by atoms with Gasteiger partial charge in [0.2, 0.25) is 0 Å². The molecule has 2 unspecified atom stereocenters. The third kappa shape index (κ3) is 5.45. The lowest BCUT2D eigenvalue weighted by Crippen LogP contribution is -2.49. The van der Waals surface area contributed by atoms with Crippen LogP contribution in [0.15, 0.2) is 18.3 Å². The fourth-order valence-electron chi connectivity index (χ4n) is 4.45. The van der Waals surface area contributed by atoms with E-state index in [-0.39, 0.29) is 11.9 Å².